The first-order valence-electron chi connectivity index (χ1n) is 5.77. The first-order chi connectivity index (χ1) is 7.13. The third kappa shape index (κ3) is 4.08. The van der Waals surface area contributed by atoms with Gasteiger partial charge in [-0.05, 0) is 12.5 Å². The van der Waals surface area contributed by atoms with E-state index < -0.39 is 0 Å². The van der Waals surface area contributed by atoms with E-state index in [4.69, 9.17) is 4.74 Å². The molecule has 0 unspecified atom stereocenters. The van der Waals surface area contributed by atoms with E-state index >= 15 is 0 Å². The molecule has 1 saturated heterocycles. The first kappa shape index (κ1) is 12.3. The maximum Gasteiger partial charge on any atom is 0.409 e. The van der Waals surface area contributed by atoms with E-state index in [0.29, 0.717) is 12.5 Å². The van der Waals surface area contributed by atoms with Crippen molar-refractivity contribution < 1.29 is 9.53 Å². The molecule has 0 saturated carbocycles. The van der Waals surface area contributed by atoms with Crippen LogP contribution in [0.25, 0.3) is 0 Å². The average Bonchev–Trinajstić information content (AvgIpc) is 2.26. The summed E-state index contributed by atoms with van der Waals surface area (Å²) in [4.78, 5) is 15.7. The summed E-state index contributed by atoms with van der Waals surface area (Å²) in [6.07, 6.45) is -0.153. The number of ether oxygens (including phenoxy) is 1. The molecule has 0 aromatic carbocycles. The van der Waals surface area contributed by atoms with Crippen LogP contribution in [0.1, 0.15) is 20.8 Å². The van der Waals surface area contributed by atoms with Crippen LogP contribution in [0.5, 0.6) is 0 Å². The van der Waals surface area contributed by atoms with E-state index in [2.05, 4.69) is 11.8 Å². The summed E-state index contributed by atoms with van der Waals surface area (Å²) < 4.78 is 5.18. The molecule has 0 atom stereocenters. The second-order valence-electron chi connectivity index (χ2n) is 4.39. The standard InChI is InChI=1S/C11H22N2O2/c1-4-12-5-7-13(8-6-12)11(14)15-9-10(2)3/h10H,4-9H2,1-3H3. The molecule has 0 aromatic heterocycles. The van der Waals surface area contributed by atoms with E-state index in [1.165, 1.54) is 0 Å². The number of likely N-dealkylation sites (N-methyl/N-ethyl adjacent to an activating group) is 1. The maximum absolute atomic E-state index is 11.6. The van der Waals surface area contributed by atoms with Gasteiger partial charge >= 0.3 is 6.09 Å². The van der Waals surface area contributed by atoms with E-state index in [-0.39, 0.29) is 6.09 Å². The number of nitrogens with zero attached hydrogens (tertiary/aromatic N) is 2. The van der Waals surface area contributed by atoms with Crippen LogP contribution in [-0.4, -0.2) is 55.2 Å². The number of hydrogen-bond donors (Lipinski definition) is 0. The van der Waals surface area contributed by atoms with E-state index in [9.17, 15) is 4.79 Å². The number of amides is 1. The molecule has 1 amide bonds. The van der Waals surface area contributed by atoms with Gasteiger partial charge in [-0.3, -0.25) is 0 Å². The Kier molecular flexibility index (Phi) is 4.88. The highest BCUT2D eigenvalue weighted by atomic mass is 16.6. The summed E-state index contributed by atoms with van der Waals surface area (Å²) in [6.45, 7) is 11.3. The molecule has 88 valence electrons. The number of carbonyl (C=O) groups excluding carboxylic acids is 1. The van der Waals surface area contributed by atoms with E-state index in [1.807, 2.05) is 13.8 Å². The number of hydrogen-bond acceptors (Lipinski definition) is 3. The molecule has 0 radical (unpaired) electrons. The van der Waals surface area contributed by atoms with Gasteiger partial charge in [0.2, 0.25) is 0 Å². The average molecular weight is 214 g/mol. The summed E-state index contributed by atoms with van der Waals surface area (Å²) in [5.41, 5.74) is 0. The molecule has 0 aromatic rings. The highest BCUT2D eigenvalue weighted by Crippen LogP contribution is 2.04. The smallest absolute Gasteiger partial charge is 0.409 e. The van der Waals surface area contributed by atoms with Crippen LogP contribution in [0.3, 0.4) is 0 Å². The van der Waals surface area contributed by atoms with Gasteiger partial charge < -0.3 is 14.5 Å². The predicted molar refractivity (Wildman–Crippen MR) is 59.9 cm³/mol. The molecule has 0 spiro atoms. The highest BCUT2D eigenvalue weighted by Gasteiger charge is 2.21. The molecule has 1 rings (SSSR count). The summed E-state index contributed by atoms with van der Waals surface area (Å²) in [5, 5.41) is 0. The monoisotopic (exact) mass is 214 g/mol. The van der Waals surface area contributed by atoms with Gasteiger partial charge in [-0.1, -0.05) is 20.8 Å². The Labute approximate surface area is 92.2 Å². The lowest BCUT2D eigenvalue weighted by Crippen LogP contribution is -2.48. The zero-order valence-electron chi connectivity index (χ0n) is 10.0. The Hall–Kier alpha value is -0.770. The van der Waals surface area contributed by atoms with Crippen molar-refractivity contribution in [3.8, 4) is 0 Å². The topological polar surface area (TPSA) is 32.8 Å². The Balaban J connectivity index is 2.24. The van der Waals surface area contributed by atoms with Crippen molar-refractivity contribution in [2.24, 2.45) is 5.92 Å². The quantitative estimate of drug-likeness (QED) is 0.712. The molecular formula is C11H22N2O2. The van der Waals surface area contributed by atoms with Gasteiger partial charge in [0, 0.05) is 26.2 Å². The number of carbonyl (C=O) groups is 1. The van der Waals surface area contributed by atoms with Gasteiger partial charge in [-0.15, -0.1) is 0 Å². The van der Waals surface area contributed by atoms with Gasteiger partial charge in [0.1, 0.15) is 0 Å². The van der Waals surface area contributed by atoms with Gasteiger partial charge in [-0.2, -0.15) is 0 Å². The number of rotatable bonds is 3. The molecule has 0 N–H and O–H groups in total. The lowest BCUT2D eigenvalue weighted by molar-refractivity contribution is 0.0702. The number of piperazine rings is 1. The van der Waals surface area contributed by atoms with Crippen molar-refractivity contribution in [2.45, 2.75) is 20.8 Å². The largest absolute Gasteiger partial charge is 0.449 e. The fourth-order valence-corrected chi connectivity index (χ4v) is 1.58. The molecule has 1 aliphatic heterocycles. The van der Waals surface area contributed by atoms with Crippen LogP contribution in [0, 0.1) is 5.92 Å². The minimum absolute atomic E-state index is 0.153. The first-order valence-corrected chi connectivity index (χ1v) is 5.77. The third-order valence-corrected chi connectivity index (χ3v) is 2.62. The SMILES string of the molecule is CCN1CCN(C(=O)OCC(C)C)CC1. The third-order valence-electron chi connectivity index (χ3n) is 2.62. The normalized spacial score (nSPS) is 18.3. The van der Waals surface area contributed by atoms with Crippen molar-refractivity contribution in [3.05, 3.63) is 0 Å². The van der Waals surface area contributed by atoms with Crippen molar-refractivity contribution >= 4 is 6.09 Å². The molecule has 1 heterocycles. The summed E-state index contributed by atoms with van der Waals surface area (Å²) in [6, 6.07) is 0. The van der Waals surface area contributed by atoms with Crippen LogP contribution in [0.15, 0.2) is 0 Å². The molecule has 15 heavy (non-hydrogen) atoms. The van der Waals surface area contributed by atoms with Crippen LogP contribution < -0.4 is 0 Å². The zero-order chi connectivity index (χ0) is 11.3. The Morgan fingerprint density at radius 1 is 1.27 bits per heavy atom. The summed E-state index contributed by atoms with van der Waals surface area (Å²) >= 11 is 0. The molecule has 0 bridgehead atoms. The van der Waals surface area contributed by atoms with Crippen LogP contribution in [0.4, 0.5) is 4.79 Å². The minimum Gasteiger partial charge on any atom is -0.449 e. The molecule has 1 fully saturated rings. The summed E-state index contributed by atoms with van der Waals surface area (Å²) in [7, 11) is 0. The van der Waals surface area contributed by atoms with Gasteiger partial charge in [0.05, 0.1) is 6.61 Å². The second kappa shape index (κ2) is 5.95. The van der Waals surface area contributed by atoms with E-state index in [0.717, 1.165) is 32.7 Å². The van der Waals surface area contributed by atoms with Crippen LogP contribution in [-0.2, 0) is 4.74 Å². The fourth-order valence-electron chi connectivity index (χ4n) is 1.58. The molecule has 4 heteroatoms. The highest BCUT2D eigenvalue weighted by molar-refractivity contribution is 5.67. The Morgan fingerprint density at radius 3 is 2.33 bits per heavy atom. The van der Waals surface area contributed by atoms with Gasteiger partial charge in [-0.25, -0.2) is 4.79 Å². The summed E-state index contributed by atoms with van der Waals surface area (Å²) in [5.74, 6) is 0.408. The van der Waals surface area contributed by atoms with Crippen molar-refractivity contribution in [1.29, 1.82) is 0 Å². The van der Waals surface area contributed by atoms with Crippen molar-refractivity contribution in [3.63, 3.8) is 0 Å². The zero-order valence-corrected chi connectivity index (χ0v) is 10.0. The molecule has 0 aliphatic carbocycles. The maximum atomic E-state index is 11.6. The van der Waals surface area contributed by atoms with E-state index in [1.54, 1.807) is 4.90 Å². The molecule has 4 nitrogen and oxygen atoms in total. The molecular weight excluding hydrogens is 192 g/mol. The van der Waals surface area contributed by atoms with Crippen LogP contribution in [0.2, 0.25) is 0 Å². The van der Waals surface area contributed by atoms with Gasteiger partial charge in [0.15, 0.2) is 0 Å². The predicted octanol–water partition coefficient (Wildman–Crippen LogP) is 1.42. The minimum atomic E-state index is -0.153. The molecule has 1 aliphatic rings. The fraction of sp³-hybridized carbons (Fsp3) is 0.909. The Bertz CT molecular complexity index is 199. The van der Waals surface area contributed by atoms with Crippen LogP contribution >= 0.6 is 0 Å². The van der Waals surface area contributed by atoms with Crippen molar-refractivity contribution in [1.82, 2.24) is 9.80 Å². The van der Waals surface area contributed by atoms with Crippen molar-refractivity contribution in [2.75, 3.05) is 39.3 Å². The second-order valence-corrected chi connectivity index (χ2v) is 4.39. The van der Waals surface area contributed by atoms with Gasteiger partial charge in [0.25, 0.3) is 0 Å². The lowest BCUT2D eigenvalue weighted by Gasteiger charge is -2.33. The lowest BCUT2D eigenvalue weighted by atomic mass is 10.2. The Morgan fingerprint density at radius 2 is 1.87 bits per heavy atom.